The van der Waals surface area contributed by atoms with Crippen molar-refractivity contribution in [1.82, 2.24) is 5.32 Å². The average molecular weight is 263 g/mol. The van der Waals surface area contributed by atoms with Crippen LogP contribution in [-0.2, 0) is 4.79 Å². The van der Waals surface area contributed by atoms with Crippen molar-refractivity contribution in [1.29, 1.82) is 0 Å². The van der Waals surface area contributed by atoms with E-state index in [0.29, 0.717) is 0 Å². The summed E-state index contributed by atoms with van der Waals surface area (Å²) in [5.41, 5.74) is -1.50. The van der Waals surface area contributed by atoms with E-state index in [2.05, 4.69) is 0 Å². The van der Waals surface area contributed by atoms with E-state index in [1.165, 1.54) is 12.1 Å². The Morgan fingerprint density at radius 1 is 1.26 bits per heavy atom. The Bertz CT molecular complexity index is 718. The van der Waals surface area contributed by atoms with Crippen molar-refractivity contribution in [3.05, 3.63) is 40.2 Å². The Morgan fingerprint density at radius 2 is 1.95 bits per heavy atom. The highest BCUT2D eigenvalue weighted by atomic mass is 16.4. The fourth-order valence-corrected chi connectivity index (χ4v) is 1.58. The van der Waals surface area contributed by atoms with E-state index in [1.54, 1.807) is 12.1 Å². The highest BCUT2D eigenvalue weighted by Gasteiger charge is 2.20. The van der Waals surface area contributed by atoms with Gasteiger partial charge in [0.05, 0.1) is 5.39 Å². The van der Waals surface area contributed by atoms with E-state index >= 15 is 0 Å². The molecule has 0 aliphatic rings. The van der Waals surface area contributed by atoms with Crippen LogP contribution in [-0.4, -0.2) is 28.6 Å². The SMILES string of the molecule is O=C(O)CNC(=O)c1c(O)c2ccccc2oc1=O. The smallest absolute Gasteiger partial charge is 0.353 e. The van der Waals surface area contributed by atoms with Gasteiger partial charge in [0.1, 0.15) is 17.9 Å². The van der Waals surface area contributed by atoms with Crippen LogP contribution >= 0.6 is 0 Å². The minimum absolute atomic E-state index is 0.139. The van der Waals surface area contributed by atoms with Crippen LogP contribution in [0.4, 0.5) is 0 Å². The van der Waals surface area contributed by atoms with Crippen LogP contribution in [0, 0.1) is 0 Å². The van der Waals surface area contributed by atoms with E-state index in [9.17, 15) is 19.5 Å². The minimum Gasteiger partial charge on any atom is -0.506 e. The molecule has 0 aliphatic carbocycles. The molecule has 0 unspecified atom stereocenters. The number of carboxylic acid groups (broad SMARTS) is 1. The maximum Gasteiger partial charge on any atom is 0.353 e. The number of carbonyl (C=O) groups excluding carboxylic acids is 1. The van der Waals surface area contributed by atoms with Crippen LogP contribution in [0.2, 0.25) is 0 Å². The molecule has 1 aromatic carbocycles. The first kappa shape index (κ1) is 12.6. The second kappa shape index (κ2) is 4.81. The summed E-state index contributed by atoms with van der Waals surface area (Å²) in [6.07, 6.45) is 0. The van der Waals surface area contributed by atoms with E-state index in [0.717, 1.165) is 0 Å². The fourth-order valence-electron chi connectivity index (χ4n) is 1.58. The third-order valence-corrected chi connectivity index (χ3v) is 2.41. The highest BCUT2D eigenvalue weighted by molar-refractivity contribution is 6.02. The molecule has 19 heavy (non-hydrogen) atoms. The molecule has 7 nitrogen and oxygen atoms in total. The van der Waals surface area contributed by atoms with Gasteiger partial charge in [-0.3, -0.25) is 9.59 Å². The van der Waals surface area contributed by atoms with E-state index in [1.807, 2.05) is 5.32 Å². The van der Waals surface area contributed by atoms with Crippen LogP contribution in [0.3, 0.4) is 0 Å². The Morgan fingerprint density at radius 3 is 2.63 bits per heavy atom. The standard InChI is InChI=1S/C12H9NO6/c14-8(15)5-13-11(17)9-10(16)6-3-1-2-4-7(6)19-12(9)18/h1-4,16H,5H2,(H,13,17)(H,14,15). The number of benzene rings is 1. The molecule has 1 amide bonds. The van der Waals surface area contributed by atoms with Crippen molar-refractivity contribution in [3.63, 3.8) is 0 Å². The Balaban J connectivity index is 2.51. The fraction of sp³-hybridized carbons (Fsp3) is 0.0833. The number of rotatable bonds is 3. The monoisotopic (exact) mass is 263 g/mol. The van der Waals surface area contributed by atoms with Gasteiger partial charge in [-0.1, -0.05) is 12.1 Å². The van der Waals surface area contributed by atoms with Gasteiger partial charge >= 0.3 is 11.6 Å². The summed E-state index contributed by atoms with van der Waals surface area (Å²) in [5, 5.41) is 20.5. The van der Waals surface area contributed by atoms with Crippen molar-refractivity contribution < 1.29 is 24.2 Å². The number of fused-ring (bicyclic) bond motifs is 1. The lowest BCUT2D eigenvalue weighted by Crippen LogP contribution is -2.32. The number of nitrogens with one attached hydrogen (secondary N) is 1. The van der Waals surface area contributed by atoms with Crippen LogP contribution in [0.1, 0.15) is 10.4 Å². The van der Waals surface area contributed by atoms with E-state index in [4.69, 9.17) is 9.52 Å². The third-order valence-electron chi connectivity index (χ3n) is 2.41. The third kappa shape index (κ3) is 2.39. The molecule has 0 saturated heterocycles. The number of hydrogen-bond donors (Lipinski definition) is 3. The first-order valence-electron chi connectivity index (χ1n) is 5.25. The molecule has 0 bridgehead atoms. The number of hydrogen-bond acceptors (Lipinski definition) is 5. The molecular weight excluding hydrogens is 254 g/mol. The molecule has 98 valence electrons. The molecule has 7 heteroatoms. The second-order valence-electron chi connectivity index (χ2n) is 3.69. The predicted octanol–water partition coefficient (Wildman–Crippen LogP) is 0.313. The summed E-state index contributed by atoms with van der Waals surface area (Å²) >= 11 is 0. The summed E-state index contributed by atoms with van der Waals surface area (Å²) < 4.78 is 4.88. The first-order valence-corrected chi connectivity index (χ1v) is 5.25. The lowest BCUT2D eigenvalue weighted by atomic mass is 10.1. The van der Waals surface area contributed by atoms with Crippen molar-refractivity contribution in [2.75, 3.05) is 6.54 Å². The lowest BCUT2D eigenvalue weighted by Gasteiger charge is -2.05. The number of amides is 1. The van der Waals surface area contributed by atoms with Crippen LogP contribution in [0.5, 0.6) is 5.75 Å². The summed E-state index contributed by atoms with van der Waals surface area (Å²) in [4.78, 5) is 33.6. The van der Waals surface area contributed by atoms with E-state index < -0.39 is 35.4 Å². The van der Waals surface area contributed by atoms with Crippen molar-refractivity contribution in [2.45, 2.75) is 0 Å². The van der Waals surface area contributed by atoms with Crippen LogP contribution in [0.25, 0.3) is 11.0 Å². The maximum atomic E-state index is 11.6. The predicted molar refractivity (Wildman–Crippen MR) is 64.1 cm³/mol. The maximum absolute atomic E-state index is 11.6. The Hall–Kier alpha value is -2.83. The van der Waals surface area contributed by atoms with Crippen molar-refractivity contribution >= 4 is 22.8 Å². The molecule has 2 aromatic rings. The number of aromatic hydroxyl groups is 1. The van der Waals surface area contributed by atoms with Gasteiger partial charge < -0.3 is 19.9 Å². The van der Waals surface area contributed by atoms with Gasteiger partial charge in [0.25, 0.3) is 5.91 Å². The summed E-state index contributed by atoms with van der Waals surface area (Å²) in [5.74, 6) is -2.80. The molecule has 3 N–H and O–H groups in total. The molecule has 1 heterocycles. The molecule has 0 fully saturated rings. The number of carbonyl (C=O) groups is 2. The molecular formula is C12H9NO6. The van der Waals surface area contributed by atoms with Crippen molar-refractivity contribution in [3.8, 4) is 5.75 Å². The molecule has 0 saturated carbocycles. The number of carboxylic acids is 1. The van der Waals surface area contributed by atoms with Gasteiger partial charge in [0, 0.05) is 0 Å². The van der Waals surface area contributed by atoms with Crippen molar-refractivity contribution in [2.24, 2.45) is 0 Å². The quantitative estimate of drug-likeness (QED) is 0.686. The van der Waals surface area contributed by atoms with Gasteiger partial charge in [-0.2, -0.15) is 0 Å². The molecule has 0 aliphatic heterocycles. The summed E-state index contributed by atoms with van der Waals surface area (Å²) in [6, 6.07) is 6.15. The normalized spacial score (nSPS) is 10.3. The molecule has 1 aromatic heterocycles. The molecule has 0 radical (unpaired) electrons. The largest absolute Gasteiger partial charge is 0.506 e. The highest BCUT2D eigenvalue weighted by Crippen LogP contribution is 2.25. The topological polar surface area (TPSA) is 117 Å². The average Bonchev–Trinajstić information content (AvgIpc) is 2.36. The first-order chi connectivity index (χ1) is 9.00. The van der Waals surface area contributed by atoms with Gasteiger partial charge in [-0.25, -0.2) is 4.79 Å². The van der Waals surface area contributed by atoms with Gasteiger partial charge in [-0.15, -0.1) is 0 Å². The zero-order valence-corrected chi connectivity index (χ0v) is 9.54. The van der Waals surface area contributed by atoms with Gasteiger partial charge in [0.2, 0.25) is 0 Å². The van der Waals surface area contributed by atoms with Crippen LogP contribution in [0.15, 0.2) is 33.5 Å². The summed E-state index contributed by atoms with van der Waals surface area (Å²) in [7, 11) is 0. The summed E-state index contributed by atoms with van der Waals surface area (Å²) in [6.45, 7) is -0.662. The molecule has 0 spiro atoms. The molecule has 0 atom stereocenters. The van der Waals surface area contributed by atoms with E-state index in [-0.39, 0.29) is 11.0 Å². The van der Waals surface area contributed by atoms with Gasteiger partial charge in [0.15, 0.2) is 5.56 Å². The van der Waals surface area contributed by atoms with Gasteiger partial charge in [-0.05, 0) is 12.1 Å². The Labute approximate surface area is 106 Å². The minimum atomic E-state index is -1.27. The Kier molecular flexibility index (Phi) is 3.19. The lowest BCUT2D eigenvalue weighted by molar-refractivity contribution is -0.135. The van der Waals surface area contributed by atoms with Crippen LogP contribution < -0.4 is 10.9 Å². The molecule has 2 rings (SSSR count). The zero-order valence-electron chi connectivity index (χ0n) is 9.54. The number of aliphatic carboxylic acids is 1. The second-order valence-corrected chi connectivity index (χ2v) is 3.69. The zero-order chi connectivity index (χ0) is 14.0. The number of para-hydroxylation sites is 1.